The standard InChI is InChI=1S/C10H11NO2S/c1-7-4-8(6-13-7)9(12)5-10-11-2-3-14-10/h2-4,6,9,12H,5H2,1H3. The van der Waals surface area contributed by atoms with Crippen molar-refractivity contribution >= 4 is 11.3 Å². The van der Waals surface area contributed by atoms with Crippen LogP contribution in [-0.4, -0.2) is 10.1 Å². The Labute approximate surface area is 86.0 Å². The molecule has 2 aromatic rings. The minimum Gasteiger partial charge on any atom is -0.469 e. The number of rotatable bonds is 3. The van der Waals surface area contributed by atoms with Gasteiger partial charge in [-0.3, -0.25) is 0 Å². The van der Waals surface area contributed by atoms with E-state index in [4.69, 9.17) is 4.42 Å². The summed E-state index contributed by atoms with van der Waals surface area (Å²) in [5.74, 6) is 0.818. The second kappa shape index (κ2) is 3.94. The van der Waals surface area contributed by atoms with Gasteiger partial charge in [0.15, 0.2) is 0 Å². The van der Waals surface area contributed by atoms with Crippen molar-refractivity contribution < 1.29 is 9.52 Å². The van der Waals surface area contributed by atoms with Gasteiger partial charge in [-0.25, -0.2) is 4.98 Å². The number of thiazole rings is 1. The lowest BCUT2D eigenvalue weighted by molar-refractivity contribution is 0.177. The molecule has 0 bridgehead atoms. The van der Waals surface area contributed by atoms with Crippen molar-refractivity contribution in [1.82, 2.24) is 4.98 Å². The van der Waals surface area contributed by atoms with Crippen LogP contribution in [-0.2, 0) is 6.42 Å². The van der Waals surface area contributed by atoms with Crippen molar-refractivity contribution in [1.29, 1.82) is 0 Å². The van der Waals surface area contributed by atoms with E-state index in [1.807, 2.05) is 18.4 Å². The molecule has 4 heteroatoms. The third-order valence-electron chi connectivity index (χ3n) is 1.99. The van der Waals surface area contributed by atoms with Gasteiger partial charge in [0.1, 0.15) is 5.76 Å². The molecular formula is C10H11NO2S. The summed E-state index contributed by atoms with van der Waals surface area (Å²) < 4.78 is 5.13. The summed E-state index contributed by atoms with van der Waals surface area (Å²) in [4.78, 5) is 4.12. The third kappa shape index (κ3) is 2.02. The molecule has 1 atom stereocenters. The zero-order valence-electron chi connectivity index (χ0n) is 7.80. The molecule has 2 heterocycles. The molecule has 0 aliphatic heterocycles. The monoisotopic (exact) mass is 209 g/mol. The highest BCUT2D eigenvalue weighted by atomic mass is 32.1. The molecule has 1 N–H and O–H groups in total. The van der Waals surface area contributed by atoms with E-state index in [9.17, 15) is 5.11 Å². The van der Waals surface area contributed by atoms with Crippen molar-refractivity contribution in [3.8, 4) is 0 Å². The van der Waals surface area contributed by atoms with Gasteiger partial charge in [-0.1, -0.05) is 0 Å². The summed E-state index contributed by atoms with van der Waals surface area (Å²) in [7, 11) is 0. The minimum atomic E-state index is -0.515. The highest BCUT2D eigenvalue weighted by Crippen LogP contribution is 2.21. The number of furan rings is 1. The van der Waals surface area contributed by atoms with Gasteiger partial charge in [0.05, 0.1) is 17.4 Å². The molecule has 0 radical (unpaired) electrons. The van der Waals surface area contributed by atoms with E-state index in [1.54, 1.807) is 23.8 Å². The zero-order valence-corrected chi connectivity index (χ0v) is 8.62. The van der Waals surface area contributed by atoms with E-state index < -0.39 is 6.10 Å². The summed E-state index contributed by atoms with van der Waals surface area (Å²) in [6, 6.07) is 1.85. The minimum absolute atomic E-state index is 0.515. The SMILES string of the molecule is Cc1cc(C(O)Cc2nccs2)co1. The van der Waals surface area contributed by atoms with Gasteiger partial charge in [0, 0.05) is 23.6 Å². The van der Waals surface area contributed by atoms with E-state index in [1.165, 1.54) is 0 Å². The van der Waals surface area contributed by atoms with Crippen LogP contribution in [0, 0.1) is 6.92 Å². The predicted octanol–water partition coefficient (Wildman–Crippen LogP) is 2.32. The second-order valence-electron chi connectivity index (χ2n) is 3.14. The first kappa shape index (κ1) is 9.43. The van der Waals surface area contributed by atoms with Gasteiger partial charge in [-0.05, 0) is 13.0 Å². The van der Waals surface area contributed by atoms with Crippen molar-refractivity contribution in [2.45, 2.75) is 19.4 Å². The Kier molecular flexibility index (Phi) is 2.65. The number of hydrogen-bond donors (Lipinski definition) is 1. The van der Waals surface area contributed by atoms with Gasteiger partial charge in [-0.15, -0.1) is 11.3 Å². The molecule has 0 fully saturated rings. The number of aliphatic hydroxyl groups excluding tert-OH is 1. The summed E-state index contributed by atoms with van der Waals surface area (Å²) in [6.07, 6.45) is 3.37. The normalized spacial score (nSPS) is 13.0. The number of nitrogens with zero attached hydrogens (tertiary/aromatic N) is 1. The van der Waals surface area contributed by atoms with E-state index in [-0.39, 0.29) is 0 Å². The van der Waals surface area contributed by atoms with Crippen LogP contribution in [0.15, 0.2) is 28.3 Å². The molecule has 14 heavy (non-hydrogen) atoms. The van der Waals surface area contributed by atoms with Crippen LogP contribution in [0.2, 0.25) is 0 Å². The lowest BCUT2D eigenvalue weighted by Crippen LogP contribution is -1.99. The maximum Gasteiger partial charge on any atom is 0.101 e. The average molecular weight is 209 g/mol. The van der Waals surface area contributed by atoms with Crippen molar-refractivity contribution in [3.63, 3.8) is 0 Å². The van der Waals surface area contributed by atoms with E-state index in [2.05, 4.69) is 4.98 Å². The lowest BCUT2D eigenvalue weighted by atomic mass is 10.1. The zero-order chi connectivity index (χ0) is 9.97. The smallest absolute Gasteiger partial charge is 0.101 e. The Morgan fingerprint density at radius 1 is 1.64 bits per heavy atom. The molecule has 0 saturated heterocycles. The van der Waals surface area contributed by atoms with Crippen LogP contribution in [0.1, 0.15) is 22.4 Å². The van der Waals surface area contributed by atoms with Gasteiger partial charge in [0.25, 0.3) is 0 Å². The lowest BCUT2D eigenvalue weighted by Gasteiger charge is -2.04. The van der Waals surface area contributed by atoms with Crippen molar-refractivity contribution in [3.05, 3.63) is 40.2 Å². The van der Waals surface area contributed by atoms with Crippen LogP contribution < -0.4 is 0 Å². The van der Waals surface area contributed by atoms with Crippen molar-refractivity contribution in [2.75, 3.05) is 0 Å². The topological polar surface area (TPSA) is 46.3 Å². The first-order chi connectivity index (χ1) is 6.75. The highest BCUT2D eigenvalue weighted by Gasteiger charge is 2.12. The van der Waals surface area contributed by atoms with Crippen LogP contribution in [0.25, 0.3) is 0 Å². The molecule has 0 spiro atoms. The Bertz CT molecular complexity index is 394. The average Bonchev–Trinajstić information content (AvgIpc) is 2.75. The molecule has 0 aliphatic carbocycles. The largest absolute Gasteiger partial charge is 0.469 e. The fraction of sp³-hybridized carbons (Fsp3) is 0.300. The van der Waals surface area contributed by atoms with Gasteiger partial charge in [-0.2, -0.15) is 0 Å². The maximum atomic E-state index is 9.81. The fourth-order valence-corrected chi connectivity index (χ4v) is 1.93. The summed E-state index contributed by atoms with van der Waals surface area (Å²) in [5, 5.41) is 12.7. The molecule has 0 amide bonds. The molecule has 2 aromatic heterocycles. The summed E-state index contributed by atoms with van der Waals surface area (Å²) in [6.45, 7) is 1.86. The van der Waals surface area contributed by atoms with Gasteiger partial charge < -0.3 is 9.52 Å². The van der Waals surface area contributed by atoms with E-state index >= 15 is 0 Å². The quantitative estimate of drug-likeness (QED) is 0.843. The van der Waals surface area contributed by atoms with Gasteiger partial charge in [0.2, 0.25) is 0 Å². The van der Waals surface area contributed by atoms with Crippen LogP contribution >= 0.6 is 11.3 Å². The Balaban J connectivity index is 2.06. The number of aliphatic hydroxyl groups is 1. The van der Waals surface area contributed by atoms with Crippen LogP contribution in [0.5, 0.6) is 0 Å². The molecule has 1 unspecified atom stereocenters. The van der Waals surface area contributed by atoms with E-state index in [0.717, 1.165) is 16.3 Å². The summed E-state index contributed by atoms with van der Waals surface area (Å²) >= 11 is 1.55. The molecule has 3 nitrogen and oxygen atoms in total. The molecule has 0 saturated carbocycles. The van der Waals surface area contributed by atoms with Gasteiger partial charge >= 0.3 is 0 Å². The van der Waals surface area contributed by atoms with Crippen molar-refractivity contribution in [2.24, 2.45) is 0 Å². The number of hydrogen-bond acceptors (Lipinski definition) is 4. The molecule has 0 aromatic carbocycles. The van der Waals surface area contributed by atoms with Crippen LogP contribution in [0.4, 0.5) is 0 Å². The fourth-order valence-electron chi connectivity index (χ4n) is 1.28. The maximum absolute atomic E-state index is 9.81. The first-order valence-corrected chi connectivity index (χ1v) is 5.25. The first-order valence-electron chi connectivity index (χ1n) is 4.37. The highest BCUT2D eigenvalue weighted by molar-refractivity contribution is 7.09. The Morgan fingerprint density at radius 2 is 2.50 bits per heavy atom. The van der Waals surface area contributed by atoms with E-state index in [0.29, 0.717) is 6.42 Å². The van der Waals surface area contributed by atoms with Crippen LogP contribution in [0.3, 0.4) is 0 Å². The summed E-state index contributed by atoms with van der Waals surface area (Å²) in [5.41, 5.74) is 0.817. The Hall–Kier alpha value is -1.13. The predicted molar refractivity (Wildman–Crippen MR) is 54.2 cm³/mol. The second-order valence-corrected chi connectivity index (χ2v) is 4.12. The Morgan fingerprint density at radius 3 is 3.07 bits per heavy atom. The number of aryl methyl sites for hydroxylation is 1. The molecule has 74 valence electrons. The molecular weight excluding hydrogens is 198 g/mol. The molecule has 2 rings (SSSR count). The third-order valence-corrected chi connectivity index (χ3v) is 2.79. The molecule has 0 aliphatic rings. The number of aromatic nitrogens is 1.